The van der Waals surface area contributed by atoms with Gasteiger partial charge in [-0.15, -0.1) is 0 Å². The van der Waals surface area contributed by atoms with Crippen molar-refractivity contribution in [3.63, 3.8) is 0 Å². The topological polar surface area (TPSA) is 87.7 Å². The highest BCUT2D eigenvalue weighted by Crippen LogP contribution is 2.26. The molecule has 2 aromatic carbocycles. The number of hydrogen-bond donors (Lipinski definition) is 2. The van der Waals surface area contributed by atoms with E-state index in [-0.39, 0.29) is 5.56 Å². The molecule has 4 rings (SSSR count). The van der Waals surface area contributed by atoms with Crippen molar-refractivity contribution in [2.75, 3.05) is 5.43 Å². The molecule has 0 fully saturated rings. The summed E-state index contributed by atoms with van der Waals surface area (Å²) >= 11 is 1.51. The minimum Gasteiger partial charge on any atom is -0.478 e. The average molecular weight is 363 g/mol. The monoisotopic (exact) mass is 363 g/mol. The standard InChI is InChI=1S/C19H13N3O3S/c23-18(24)14-6-2-1-5-13(14)16-10-9-12(25-16)11-20-22-19-21-15-7-3-4-8-17(15)26-19/h1-11H,(H,21,22)(H,23,24). The molecule has 0 atom stereocenters. The summed E-state index contributed by atoms with van der Waals surface area (Å²) in [4.78, 5) is 15.7. The Bertz CT molecular complexity index is 1080. The van der Waals surface area contributed by atoms with Crippen molar-refractivity contribution >= 4 is 38.9 Å². The first-order valence-corrected chi connectivity index (χ1v) is 8.59. The number of para-hydroxylation sites is 1. The predicted molar refractivity (Wildman–Crippen MR) is 102 cm³/mol. The second-order valence-electron chi connectivity index (χ2n) is 5.41. The zero-order valence-electron chi connectivity index (χ0n) is 13.4. The summed E-state index contributed by atoms with van der Waals surface area (Å²) in [5, 5.41) is 14.1. The van der Waals surface area contributed by atoms with Crippen molar-refractivity contribution in [2.24, 2.45) is 5.10 Å². The molecular formula is C19H13N3O3S. The predicted octanol–water partition coefficient (Wildman–Crippen LogP) is 4.70. The van der Waals surface area contributed by atoms with Gasteiger partial charge in [0.2, 0.25) is 5.13 Å². The first-order valence-electron chi connectivity index (χ1n) is 7.78. The molecule has 2 N–H and O–H groups in total. The van der Waals surface area contributed by atoms with Crippen LogP contribution >= 0.6 is 11.3 Å². The van der Waals surface area contributed by atoms with Gasteiger partial charge in [-0.05, 0) is 30.3 Å². The maximum absolute atomic E-state index is 11.3. The fourth-order valence-electron chi connectivity index (χ4n) is 2.52. The number of rotatable bonds is 5. The number of carboxylic acids is 1. The van der Waals surface area contributed by atoms with Crippen molar-refractivity contribution < 1.29 is 14.3 Å². The molecule has 6 nitrogen and oxygen atoms in total. The molecule has 128 valence electrons. The molecule has 2 aromatic heterocycles. The molecular weight excluding hydrogens is 350 g/mol. The van der Waals surface area contributed by atoms with Gasteiger partial charge in [0.25, 0.3) is 0 Å². The van der Waals surface area contributed by atoms with Crippen LogP contribution in [0.4, 0.5) is 5.13 Å². The lowest BCUT2D eigenvalue weighted by atomic mass is 10.1. The Balaban J connectivity index is 1.51. The summed E-state index contributed by atoms with van der Waals surface area (Å²) in [6, 6.07) is 18.0. The van der Waals surface area contributed by atoms with E-state index < -0.39 is 5.97 Å². The first-order chi connectivity index (χ1) is 12.7. The number of nitrogens with one attached hydrogen (secondary N) is 1. The minimum atomic E-state index is -0.996. The lowest BCUT2D eigenvalue weighted by Crippen LogP contribution is -1.98. The Morgan fingerprint density at radius 3 is 2.77 bits per heavy atom. The lowest BCUT2D eigenvalue weighted by molar-refractivity contribution is 0.0697. The van der Waals surface area contributed by atoms with Crippen LogP contribution in [0.2, 0.25) is 0 Å². The summed E-state index contributed by atoms with van der Waals surface area (Å²) in [5.74, 6) is -0.0111. The van der Waals surface area contributed by atoms with E-state index in [1.807, 2.05) is 24.3 Å². The highest BCUT2D eigenvalue weighted by atomic mass is 32.1. The van der Waals surface area contributed by atoms with Crippen LogP contribution in [0.3, 0.4) is 0 Å². The zero-order chi connectivity index (χ0) is 17.9. The second-order valence-corrected chi connectivity index (χ2v) is 6.44. The van der Waals surface area contributed by atoms with E-state index in [1.54, 1.807) is 36.4 Å². The molecule has 0 saturated heterocycles. The number of benzene rings is 2. The van der Waals surface area contributed by atoms with Gasteiger partial charge in [0, 0.05) is 5.56 Å². The normalized spacial score (nSPS) is 11.2. The number of fused-ring (bicyclic) bond motifs is 1. The van der Waals surface area contributed by atoms with E-state index in [2.05, 4.69) is 15.5 Å². The summed E-state index contributed by atoms with van der Waals surface area (Å²) in [6.07, 6.45) is 1.53. The number of carbonyl (C=O) groups is 1. The Morgan fingerprint density at radius 2 is 1.92 bits per heavy atom. The summed E-state index contributed by atoms with van der Waals surface area (Å²) in [5.41, 5.74) is 4.52. The van der Waals surface area contributed by atoms with E-state index in [1.165, 1.54) is 17.6 Å². The van der Waals surface area contributed by atoms with Gasteiger partial charge in [0.1, 0.15) is 11.5 Å². The fraction of sp³-hybridized carbons (Fsp3) is 0. The first kappa shape index (κ1) is 16.0. The average Bonchev–Trinajstić information content (AvgIpc) is 3.28. The Morgan fingerprint density at radius 1 is 1.12 bits per heavy atom. The third kappa shape index (κ3) is 3.20. The van der Waals surface area contributed by atoms with Gasteiger partial charge in [-0.25, -0.2) is 9.78 Å². The zero-order valence-corrected chi connectivity index (χ0v) is 14.2. The smallest absolute Gasteiger partial charge is 0.336 e. The largest absolute Gasteiger partial charge is 0.478 e. The lowest BCUT2D eigenvalue weighted by Gasteiger charge is -2.01. The van der Waals surface area contributed by atoms with E-state index >= 15 is 0 Å². The number of anilines is 1. The number of carboxylic acid groups (broad SMARTS) is 1. The van der Waals surface area contributed by atoms with Crippen molar-refractivity contribution in [1.82, 2.24) is 4.98 Å². The molecule has 0 saturated carbocycles. The molecule has 0 aliphatic carbocycles. The van der Waals surface area contributed by atoms with Crippen LogP contribution in [0.25, 0.3) is 21.5 Å². The number of hydrogen-bond acceptors (Lipinski definition) is 6. The minimum absolute atomic E-state index is 0.193. The summed E-state index contributed by atoms with van der Waals surface area (Å²) in [6.45, 7) is 0. The van der Waals surface area contributed by atoms with Gasteiger partial charge in [-0.3, -0.25) is 5.43 Å². The number of thiazole rings is 1. The van der Waals surface area contributed by atoms with Gasteiger partial charge in [0.15, 0.2) is 0 Å². The number of aromatic nitrogens is 1. The van der Waals surface area contributed by atoms with Crippen LogP contribution < -0.4 is 5.43 Å². The van der Waals surface area contributed by atoms with Gasteiger partial charge < -0.3 is 9.52 Å². The maximum atomic E-state index is 11.3. The molecule has 0 radical (unpaired) electrons. The molecule has 4 aromatic rings. The molecule has 0 unspecified atom stereocenters. The van der Waals surface area contributed by atoms with Crippen molar-refractivity contribution in [1.29, 1.82) is 0 Å². The van der Waals surface area contributed by atoms with Crippen molar-refractivity contribution in [3.8, 4) is 11.3 Å². The Kier molecular flexibility index (Phi) is 4.20. The summed E-state index contributed by atoms with van der Waals surface area (Å²) in [7, 11) is 0. The van der Waals surface area contributed by atoms with Crippen LogP contribution in [0.15, 0.2) is 70.2 Å². The van der Waals surface area contributed by atoms with Crippen LogP contribution in [0, 0.1) is 0 Å². The fourth-order valence-corrected chi connectivity index (χ4v) is 3.34. The quantitative estimate of drug-likeness (QED) is 0.396. The molecule has 0 amide bonds. The summed E-state index contributed by atoms with van der Waals surface area (Å²) < 4.78 is 6.77. The van der Waals surface area contributed by atoms with Gasteiger partial charge in [-0.2, -0.15) is 5.10 Å². The van der Waals surface area contributed by atoms with Crippen LogP contribution in [-0.4, -0.2) is 22.3 Å². The Labute approximate surface area is 152 Å². The molecule has 0 bridgehead atoms. The van der Waals surface area contributed by atoms with E-state index in [0.29, 0.717) is 22.2 Å². The second kappa shape index (κ2) is 6.81. The highest BCUT2D eigenvalue weighted by Gasteiger charge is 2.13. The SMILES string of the molecule is O=C(O)c1ccccc1-c1ccc(C=NNc2nc3ccccc3s2)o1. The van der Waals surface area contributed by atoms with Crippen molar-refractivity contribution in [3.05, 3.63) is 72.0 Å². The van der Waals surface area contributed by atoms with E-state index in [0.717, 1.165) is 10.2 Å². The maximum Gasteiger partial charge on any atom is 0.336 e. The molecule has 0 aliphatic heterocycles. The van der Waals surface area contributed by atoms with Crippen LogP contribution in [0.5, 0.6) is 0 Å². The van der Waals surface area contributed by atoms with Gasteiger partial charge in [0.05, 0.1) is 22.0 Å². The third-order valence-corrected chi connectivity index (χ3v) is 4.64. The van der Waals surface area contributed by atoms with Crippen molar-refractivity contribution in [2.45, 2.75) is 0 Å². The van der Waals surface area contributed by atoms with Gasteiger partial charge >= 0.3 is 5.97 Å². The molecule has 0 spiro atoms. The van der Waals surface area contributed by atoms with E-state index in [4.69, 9.17) is 4.42 Å². The molecule has 7 heteroatoms. The molecule has 0 aliphatic rings. The van der Waals surface area contributed by atoms with Crippen LogP contribution in [0.1, 0.15) is 16.1 Å². The Hall–Kier alpha value is -3.45. The number of aromatic carboxylic acids is 1. The third-order valence-electron chi connectivity index (χ3n) is 3.70. The number of furan rings is 1. The molecule has 26 heavy (non-hydrogen) atoms. The van der Waals surface area contributed by atoms with E-state index in [9.17, 15) is 9.90 Å². The number of nitrogens with zero attached hydrogens (tertiary/aromatic N) is 2. The van der Waals surface area contributed by atoms with Gasteiger partial charge in [-0.1, -0.05) is 41.7 Å². The van der Waals surface area contributed by atoms with Crippen LogP contribution in [-0.2, 0) is 0 Å². The highest BCUT2D eigenvalue weighted by molar-refractivity contribution is 7.22. The molecule has 2 heterocycles. The number of hydrazone groups is 1.